The van der Waals surface area contributed by atoms with Gasteiger partial charge in [0, 0.05) is 11.3 Å². The molecule has 0 N–H and O–H groups in total. The van der Waals surface area contributed by atoms with Crippen LogP contribution in [0.3, 0.4) is 0 Å². The van der Waals surface area contributed by atoms with Crippen LogP contribution in [0.1, 0.15) is 34.5 Å². The van der Waals surface area contributed by atoms with Gasteiger partial charge in [-0.25, -0.2) is 8.78 Å². The number of anilines is 1. The average Bonchev–Trinajstić information content (AvgIpc) is 2.74. The van der Waals surface area contributed by atoms with Crippen LogP contribution in [-0.2, 0) is 4.79 Å². The summed E-state index contributed by atoms with van der Waals surface area (Å²) in [6, 6.07) is 18.7. The molecule has 1 heterocycles. The summed E-state index contributed by atoms with van der Waals surface area (Å²) in [5, 5.41) is 0. The molecule has 2 atom stereocenters. The van der Waals surface area contributed by atoms with E-state index in [1.807, 2.05) is 31.2 Å². The molecule has 3 aromatic rings. The fraction of sp³-hybridized carbons (Fsp3) is 0.154. The Bertz CT molecular complexity index is 1150. The first kappa shape index (κ1) is 20.7. The SMILES string of the molecule is CC(=CC(=O)c1ccc(F)cc1)C1C(=O)N(c2ccc(F)cc2)C1c1ccc(C)cc1. The van der Waals surface area contributed by atoms with Crippen LogP contribution in [-0.4, -0.2) is 11.7 Å². The Morgan fingerprint density at radius 1 is 0.871 bits per heavy atom. The molecule has 4 rings (SSSR count). The quantitative estimate of drug-likeness (QED) is 0.299. The monoisotopic (exact) mass is 417 g/mol. The van der Waals surface area contributed by atoms with Gasteiger partial charge in [-0.15, -0.1) is 0 Å². The van der Waals surface area contributed by atoms with Crippen LogP contribution in [0.4, 0.5) is 14.5 Å². The smallest absolute Gasteiger partial charge is 0.237 e. The number of nitrogens with zero attached hydrogens (tertiary/aromatic N) is 1. The highest BCUT2D eigenvalue weighted by Crippen LogP contribution is 2.46. The lowest BCUT2D eigenvalue weighted by Crippen LogP contribution is -2.55. The van der Waals surface area contributed by atoms with Crippen LogP contribution in [0.15, 0.2) is 84.4 Å². The van der Waals surface area contributed by atoms with E-state index in [1.165, 1.54) is 42.5 Å². The van der Waals surface area contributed by atoms with Gasteiger partial charge in [0.05, 0.1) is 12.0 Å². The molecule has 0 bridgehead atoms. The number of carbonyl (C=O) groups is 2. The van der Waals surface area contributed by atoms with Crippen molar-refractivity contribution in [2.45, 2.75) is 19.9 Å². The van der Waals surface area contributed by atoms with Crippen LogP contribution in [0.25, 0.3) is 0 Å². The molecule has 1 aliphatic heterocycles. The number of hydrogen-bond donors (Lipinski definition) is 0. The summed E-state index contributed by atoms with van der Waals surface area (Å²) >= 11 is 0. The Kier molecular flexibility index (Phi) is 5.51. The van der Waals surface area contributed by atoms with E-state index >= 15 is 0 Å². The molecule has 1 amide bonds. The van der Waals surface area contributed by atoms with E-state index in [2.05, 4.69) is 0 Å². The molecular weight excluding hydrogens is 396 g/mol. The van der Waals surface area contributed by atoms with Crippen molar-refractivity contribution >= 4 is 17.4 Å². The third-order valence-corrected chi connectivity index (χ3v) is 5.60. The number of rotatable bonds is 5. The predicted octanol–water partition coefficient (Wildman–Crippen LogP) is 5.81. The summed E-state index contributed by atoms with van der Waals surface area (Å²) in [7, 11) is 0. The number of aryl methyl sites for hydroxylation is 1. The minimum absolute atomic E-state index is 0.155. The molecule has 0 radical (unpaired) electrons. The second-order valence-corrected chi connectivity index (χ2v) is 7.78. The van der Waals surface area contributed by atoms with Crippen molar-refractivity contribution < 1.29 is 18.4 Å². The van der Waals surface area contributed by atoms with Crippen molar-refractivity contribution in [2.24, 2.45) is 5.92 Å². The summed E-state index contributed by atoms with van der Waals surface area (Å²) in [5.41, 5.74) is 3.61. The van der Waals surface area contributed by atoms with Gasteiger partial charge < -0.3 is 4.90 Å². The lowest BCUT2D eigenvalue weighted by Gasteiger charge is -2.48. The maximum atomic E-state index is 13.4. The van der Waals surface area contributed by atoms with E-state index in [9.17, 15) is 18.4 Å². The molecule has 3 nitrogen and oxygen atoms in total. The molecular formula is C26H21F2NO2. The summed E-state index contributed by atoms with van der Waals surface area (Å²) in [5.74, 6) is -1.75. The topological polar surface area (TPSA) is 37.4 Å². The number of benzene rings is 3. The molecule has 0 spiro atoms. The fourth-order valence-corrected chi connectivity index (χ4v) is 3.92. The summed E-state index contributed by atoms with van der Waals surface area (Å²) < 4.78 is 26.5. The summed E-state index contributed by atoms with van der Waals surface area (Å²) in [4.78, 5) is 27.4. The lowest BCUT2D eigenvalue weighted by molar-refractivity contribution is -0.128. The van der Waals surface area contributed by atoms with Gasteiger partial charge in [0.1, 0.15) is 11.6 Å². The van der Waals surface area contributed by atoms with Gasteiger partial charge in [-0.3, -0.25) is 9.59 Å². The fourth-order valence-electron chi connectivity index (χ4n) is 3.92. The number of amides is 1. The van der Waals surface area contributed by atoms with Gasteiger partial charge in [0.25, 0.3) is 0 Å². The van der Waals surface area contributed by atoms with Gasteiger partial charge >= 0.3 is 0 Å². The number of halogens is 2. The van der Waals surface area contributed by atoms with E-state index < -0.39 is 11.7 Å². The van der Waals surface area contributed by atoms with E-state index in [-0.39, 0.29) is 23.5 Å². The van der Waals surface area contributed by atoms with Crippen LogP contribution in [0.5, 0.6) is 0 Å². The van der Waals surface area contributed by atoms with Gasteiger partial charge in [0.15, 0.2) is 5.78 Å². The summed E-state index contributed by atoms with van der Waals surface area (Å²) in [6.45, 7) is 3.74. The standard InChI is InChI=1S/C26H21F2NO2/c1-16-3-5-19(6-4-16)25-24(26(31)29(25)22-13-11-21(28)12-14-22)17(2)15-23(30)18-7-9-20(27)10-8-18/h3-15,24-25H,1-2H3. The molecule has 3 aromatic carbocycles. The normalized spacial score (nSPS) is 18.6. The highest BCUT2D eigenvalue weighted by atomic mass is 19.1. The van der Waals surface area contributed by atoms with Gasteiger partial charge in [-0.05, 0) is 74.0 Å². The maximum absolute atomic E-state index is 13.4. The molecule has 1 saturated heterocycles. The zero-order valence-corrected chi connectivity index (χ0v) is 17.2. The van der Waals surface area contributed by atoms with Crippen molar-refractivity contribution in [2.75, 3.05) is 4.90 Å². The first-order valence-electron chi connectivity index (χ1n) is 9.98. The second kappa shape index (κ2) is 8.26. The second-order valence-electron chi connectivity index (χ2n) is 7.78. The minimum Gasteiger partial charge on any atom is -0.303 e. The Morgan fingerprint density at radius 2 is 1.42 bits per heavy atom. The van der Waals surface area contributed by atoms with E-state index in [1.54, 1.807) is 24.0 Å². The van der Waals surface area contributed by atoms with Crippen molar-refractivity contribution in [3.05, 3.63) is 113 Å². The van der Waals surface area contributed by atoms with Gasteiger partial charge in [-0.2, -0.15) is 0 Å². The highest BCUT2D eigenvalue weighted by molar-refractivity contribution is 6.08. The van der Waals surface area contributed by atoms with Gasteiger partial charge in [-0.1, -0.05) is 35.4 Å². The highest BCUT2D eigenvalue weighted by Gasteiger charge is 2.49. The number of allylic oxidation sites excluding steroid dienone is 1. The zero-order valence-electron chi connectivity index (χ0n) is 17.2. The van der Waals surface area contributed by atoms with Crippen LogP contribution < -0.4 is 4.90 Å². The van der Waals surface area contributed by atoms with E-state index in [0.717, 1.165) is 11.1 Å². The number of hydrogen-bond acceptors (Lipinski definition) is 2. The van der Waals surface area contributed by atoms with Crippen molar-refractivity contribution in [1.82, 2.24) is 0 Å². The Morgan fingerprint density at radius 3 is 2.00 bits per heavy atom. The molecule has 5 heteroatoms. The maximum Gasteiger partial charge on any atom is 0.237 e. The van der Waals surface area contributed by atoms with Crippen LogP contribution in [0, 0.1) is 24.5 Å². The van der Waals surface area contributed by atoms with Crippen molar-refractivity contribution in [1.29, 1.82) is 0 Å². The summed E-state index contributed by atoms with van der Waals surface area (Å²) in [6.07, 6.45) is 1.44. The molecule has 0 saturated carbocycles. The average molecular weight is 417 g/mol. The van der Waals surface area contributed by atoms with Gasteiger partial charge in [0.2, 0.25) is 5.91 Å². The Hall–Kier alpha value is -3.60. The predicted molar refractivity (Wildman–Crippen MR) is 116 cm³/mol. The largest absolute Gasteiger partial charge is 0.303 e. The molecule has 1 fully saturated rings. The Labute approximate surface area is 179 Å². The lowest BCUT2D eigenvalue weighted by atomic mass is 9.77. The number of β-lactam (4-membered cyclic amide) rings is 1. The van der Waals surface area contributed by atoms with E-state index in [0.29, 0.717) is 16.8 Å². The number of ketones is 1. The first-order valence-corrected chi connectivity index (χ1v) is 9.98. The molecule has 156 valence electrons. The van der Waals surface area contributed by atoms with Crippen LogP contribution in [0.2, 0.25) is 0 Å². The van der Waals surface area contributed by atoms with Crippen LogP contribution >= 0.6 is 0 Å². The molecule has 1 aliphatic rings. The first-order chi connectivity index (χ1) is 14.8. The van der Waals surface area contributed by atoms with E-state index in [4.69, 9.17) is 0 Å². The molecule has 2 unspecified atom stereocenters. The zero-order chi connectivity index (χ0) is 22.1. The molecule has 31 heavy (non-hydrogen) atoms. The molecule has 0 aromatic heterocycles. The third kappa shape index (κ3) is 4.04. The Balaban J connectivity index is 1.68. The van der Waals surface area contributed by atoms with Crippen molar-refractivity contribution in [3.63, 3.8) is 0 Å². The van der Waals surface area contributed by atoms with Crippen molar-refractivity contribution in [3.8, 4) is 0 Å². The number of carbonyl (C=O) groups excluding carboxylic acids is 2. The minimum atomic E-state index is -0.517. The third-order valence-electron chi connectivity index (χ3n) is 5.60. The molecule has 0 aliphatic carbocycles.